The highest BCUT2D eigenvalue weighted by atomic mass is 32.1. The highest BCUT2D eigenvalue weighted by Crippen LogP contribution is 2.22. The van der Waals surface area contributed by atoms with Crippen LogP contribution in [-0.4, -0.2) is 23.6 Å². The number of benzene rings is 2. The number of esters is 1. The van der Waals surface area contributed by atoms with Crippen molar-refractivity contribution in [2.75, 3.05) is 7.11 Å². The Hall–Kier alpha value is -2.94. The number of nitrogens with zero attached hydrogens (tertiary/aromatic N) is 2. The Morgan fingerprint density at radius 1 is 1.11 bits per heavy atom. The normalized spacial score (nSPS) is 11.8. The molecular formula is C18H13F3N2O3S. The van der Waals surface area contributed by atoms with Gasteiger partial charge < -0.3 is 9.30 Å². The van der Waals surface area contributed by atoms with Crippen LogP contribution in [0.5, 0.6) is 0 Å². The number of aromatic nitrogens is 1. The Bertz CT molecular complexity index is 1090. The third-order valence-electron chi connectivity index (χ3n) is 3.70. The summed E-state index contributed by atoms with van der Waals surface area (Å²) in [6, 6.07) is 7.12. The van der Waals surface area contributed by atoms with Gasteiger partial charge in [-0.15, -0.1) is 0 Å². The summed E-state index contributed by atoms with van der Waals surface area (Å²) >= 11 is 0.874. The van der Waals surface area contributed by atoms with E-state index in [0.717, 1.165) is 17.4 Å². The maximum absolute atomic E-state index is 14.2. The monoisotopic (exact) mass is 394 g/mol. The van der Waals surface area contributed by atoms with Gasteiger partial charge in [-0.25, -0.2) is 13.2 Å². The summed E-state index contributed by atoms with van der Waals surface area (Å²) in [6.07, 6.45) is -0.108. The van der Waals surface area contributed by atoms with E-state index in [1.165, 1.54) is 35.9 Å². The molecule has 0 fully saturated rings. The molecule has 0 aliphatic carbocycles. The number of hydrogen-bond donors (Lipinski definition) is 0. The first kappa shape index (κ1) is 18.8. The molecule has 3 rings (SSSR count). The first-order valence-electron chi connectivity index (χ1n) is 7.74. The molecule has 0 N–H and O–H groups in total. The number of hydrogen-bond acceptors (Lipinski definition) is 4. The third-order valence-corrected chi connectivity index (χ3v) is 4.72. The molecule has 2 aromatic carbocycles. The van der Waals surface area contributed by atoms with Crippen molar-refractivity contribution in [2.24, 2.45) is 4.99 Å². The molecule has 0 radical (unpaired) electrons. The van der Waals surface area contributed by atoms with Gasteiger partial charge in [-0.1, -0.05) is 23.5 Å². The number of halogens is 3. The van der Waals surface area contributed by atoms with Gasteiger partial charge in [0.15, 0.2) is 10.6 Å². The van der Waals surface area contributed by atoms with Crippen LogP contribution in [-0.2, 0) is 27.3 Å². The third kappa shape index (κ3) is 4.25. The van der Waals surface area contributed by atoms with E-state index < -0.39 is 29.3 Å². The van der Waals surface area contributed by atoms with E-state index in [9.17, 15) is 22.8 Å². The first-order chi connectivity index (χ1) is 12.9. The lowest BCUT2D eigenvalue weighted by atomic mass is 10.1. The smallest absolute Gasteiger partial charge is 0.325 e. The van der Waals surface area contributed by atoms with Crippen LogP contribution >= 0.6 is 11.3 Å². The number of carbonyl (C=O) groups excluding carboxylic acids is 2. The zero-order chi connectivity index (χ0) is 19.6. The van der Waals surface area contributed by atoms with Gasteiger partial charge in [-0.3, -0.25) is 9.59 Å². The summed E-state index contributed by atoms with van der Waals surface area (Å²) in [5.74, 6) is -3.34. The van der Waals surface area contributed by atoms with Crippen LogP contribution < -0.4 is 4.80 Å². The molecule has 0 bridgehead atoms. The number of carbonyl (C=O) groups is 2. The van der Waals surface area contributed by atoms with Crippen molar-refractivity contribution in [2.45, 2.75) is 13.0 Å². The molecule has 0 atom stereocenters. The second-order valence-electron chi connectivity index (χ2n) is 5.59. The van der Waals surface area contributed by atoms with Gasteiger partial charge in [-0.2, -0.15) is 4.99 Å². The van der Waals surface area contributed by atoms with Crippen LogP contribution in [0, 0.1) is 17.5 Å². The largest absolute Gasteiger partial charge is 0.468 e. The molecule has 0 aliphatic heterocycles. The predicted molar refractivity (Wildman–Crippen MR) is 92.4 cm³/mol. The summed E-state index contributed by atoms with van der Waals surface area (Å²) in [4.78, 5) is 27.9. The van der Waals surface area contributed by atoms with Gasteiger partial charge in [0.25, 0.3) is 5.91 Å². The molecule has 0 saturated carbocycles. The molecule has 1 amide bonds. The van der Waals surface area contributed by atoms with E-state index in [4.69, 9.17) is 0 Å². The summed E-state index contributed by atoms with van der Waals surface area (Å²) in [5.41, 5.74) is 0.503. The molecule has 1 aromatic heterocycles. The molecule has 0 unspecified atom stereocenters. The van der Waals surface area contributed by atoms with Crippen molar-refractivity contribution in [3.8, 4) is 0 Å². The maximum Gasteiger partial charge on any atom is 0.325 e. The molecule has 1 heterocycles. The minimum atomic E-state index is -0.877. The maximum atomic E-state index is 14.2. The van der Waals surface area contributed by atoms with Crippen molar-refractivity contribution in [3.05, 3.63) is 64.2 Å². The number of amides is 1. The molecular weight excluding hydrogens is 381 g/mol. The number of methoxy groups -OCH3 is 1. The van der Waals surface area contributed by atoms with Crippen molar-refractivity contribution in [3.63, 3.8) is 0 Å². The molecule has 9 heteroatoms. The van der Waals surface area contributed by atoms with Crippen molar-refractivity contribution in [1.29, 1.82) is 0 Å². The Morgan fingerprint density at radius 2 is 1.81 bits per heavy atom. The second-order valence-corrected chi connectivity index (χ2v) is 6.60. The minimum absolute atomic E-state index is 0.0343. The lowest BCUT2D eigenvalue weighted by molar-refractivity contribution is -0.141. The van der Waals surface area contributed by atoms with Gasteiger partial charge in [-0.05, 0) is 23.8 Å². The highest BCUT2D eigenvalue weighted by Gasteiger charge is 2.16. The van der Waals surface area contributed by atoms with Gasteiger partial charge in [0.1, 0.15) is 18.2 Å². The van der Waals surface area contributed by atoms with Crippen LogP contribution in [0.4, 0.5) is 13.2 Å². The zero-order valence-corrected chi connectivity index (χ0v) is 14.9. The van der Waals surface area contributed by atoms with E-state index in [2.05, 4.69) is 9.73 Å². The Labute approximate surface area is 155 Å². The van der Waals surface area contributed by atoms with E-state index in [-0.39, 0.29) is 28.0 Å². The lowest BCUT2D eigenvalue weighted by Crippen LogP contribution is -2.23. The fraction of sp³-hybridized carbons (Fsp3) is 0.167. The number of thiazole rings is 1. The van der Waals surface area contributed by atoms with Crippen molar-refractivity contribution in [1.82, 2.24) is 4.57 Å². The molecule has 0 aliphatic rings. The molecule has 140 valence electrons. The van der Waals surface area contributed by atoms with Gasteiger partial charge in [0.2, 0.25) is 0 Å². The minimum Gasteiger partial charge on any atom is -0.468 e. The number of fused-ring (bicyclic) bond motifs is 1. The van der Waals surface area contributed by atoms with Crippen LogP contribution in [0.2, 0.25) is 0 Å². The summed E-state index contributed by atoms with van der Waals surface area (Å²) in [7, 11) is 1.17. The summed E-state index contributed by atoms with van der Waals surface area (Å²) < 4.78 is 46.6. The molecule has 27 heavy (non-hydrogen) atoms. The zero-order valence-electron chi connectivity index (χ0n) is 14.0. The first-order valence-corrected chi connectivity index (χ1v) is 8.56. The predicted octanol–water partition coefficient (Wildman–Crippen LogP) is 2.96. The van der Waals surface area contributed by atoms with Crippen molar-refractivity contribution < 1.29 is 27.5 Å². The van der Waals surface area contributed by atoms with E-state index in [1.807, 2.05) is 0 Å². The summed E-state index contributed by atoms with van der Waals surface area (Å²) in [6.45, 7) is -0.387. The fourth-order valence-electron chi connectivity index (χ4n) is 2.48. The highest BCUT2D eigenvalue weighted by molar-refractivity contribution is 7.16. The lowest BCUT2D eigenvalue weighted by Gasteiger charge is -2.04. The Kier molecular flexibility index (Phi) is 5.41. The van der Waals surface area contributed by atoms with E-state index >= 15 is 0 Å². The fourth-order valence-corrected chi connectivity index (χ4v) is 3.56. The molecule has 5 nitrogen and oxygen atoms in total. The number of rotatable bonds is 4. The topological polar surface area (TPSA) is 60.7 Å². The van der Waals surface area contributed by atoms with Crippen LogP contribution in [0.3, 0.4) is 0 Å². The molecule has 0 spiro atoms. The Balaban J connectivity index is 2.05. The van der Waals surface area contributed by atoms with Gasteiger partial charge in [0, 0.05) is 6.07 Å². The van der Waals surface area contributed by atoms with Gasteiger partial charge in [0.05, 0.1) is 23.7 Å². The SMILES string of the molecule is COC(=O)Cn1c(=NC(=O)Cc2ccc(F)cc2)sc2cc(F)cc(F)c21. The standard InChI is InChI=1S/C18H13F3N2O3S/c1-26-16(25)9-23-17-13(21)7-12(20)8-14(17)27-18(23)22-15(24)6-10-2-4-11(19)5-3-10/h2-5,7-8H,6,9H2,1H3. The second kappa shape index (κ2) is 7.75. The van der Waals surface area contributed by atoms with Crippen LogP contribution in [0.15, 0.2) is 41.4 Å². The quantitative estimate of drug-likeness (QED) is 0.640. The van der Waals surface area contributed by atoms with E-state index in [1.54, 1.807) is 0 Å². The summed E-state index contributed by atoms with van der Waals surface area (Å²) in [5, 5.41) is 0. The van der Waals surface area contributed by atoms with Crippen LogP contribution in [0.1, 0.15) is 5.56 Å². The molecule has 0 saturated heterocycles. The van der Waals surface area contributed by atoms with Gasteiger partial charge >= 0.3 is 5.97 Å². The average Bonchev–Trinajstić information content (AvgIpc) is 2.93. The number of ether oxygens (including phenoxy) is 1. The Morgan fingerprint density at radius 3 is 2.48 bits per heavy atom. The average molecular weight is 394 g/mol. The van der Waals surface area contributed by atoms with Crippen molar-refractivity contribution >= 4 is 33.4 Å². The van der Waals surface area contributed by atoms with Crippen LogP contribution in [0.25, 0.3) is 10.2 Å². The molecule has 3 aromatic rings. The van der Waals surface area contributed by atoms with E-state index in [0.29, 0.717) is 11.6 Å².